The monoisotopic (exact) mass is 359 g/mol. The highest BCUT2D eigenvalue weighted by Gasteiger charge is 2.24. The predicted molar refractivity (Wildman–Crippen MR) is 104 cm³/mol. The molecule has 2 heterocycles. The lowest BCUT2D eigenvalue weighted by molar-refractivity contribution is 0.948. The number of anilines is 1. The molecule has 0 radical (unpaired) electrons. The summed E-state index contributed by atoms with van der Waals surface area (Å²) in [6.07, 6.45) is 0. The van der Waals surface area contributed by atoms with Crippen LogP contribution in [0.1, 0.15) is 5.56 Å². The molecule has 26 heavy (non-hydrogen) atoms. The minimum Gasteiger partial charge on any atom is -0.383 e. The van der Waals surface area contributed by atoms with Crippen LogP contribution in [0.25, 0.3) is 31.9 Å². The molecular formula is C19H13N5OS. The van der Waals surface area contributed by atoms with Gasteiger partial charge in [-0.2, -0.15) is 5.26 Å². The number of thiazole rings is 1. The van der Waals surface area contributed by atoms with Crippen molar-refractivity contribution in [2.75, 3.05) is 11.6 Å². The Morgan fingerprint density at radius 2 is 1.73 bits per heavy atom. The van der Waals surface area contributed by atoms with Gasteiger partial charge in [0.2, 0.25) is 0 Å². The number of hydrogen-bond donors (Lipinski definition) is 2. The summed E-state index contributed by atoms with van der Waals surface area (Å²) in [4.78, 5) is 17.1. The summed E-state index contributed by atoms with van der Waals surface area (Å²) in [7, 11) is 0. The predicted octanol–water partition coefficient (Wildman–Crippen LogP) is 2.96. The largest absolute Gasteiger partial charge is 0.383 e. The fourth-order valence-corrected chi connectivity index (χ4v) is 3.93. The van der Waals surface area contributed by atoms with Gasteiger partial charge in [0.1, 0.15) is 22.5 Å². The van der Waals surface area contributed by atoms with Crippen molar-refractivity contribution < 1.29 is 0 Å². The maximum absolute atomic E-state index is 12.5. The Kier molecular flexibility index (Phi) is 3.68. The minimum atomic E-state index is -0.631. The standard InChI is InChI=1S/C19H13N5OS/c20-10-12-15(11-6-2-1-3-7-11)16(17(21)24(22)19(12)25)18-23-13-8-4-5-9-14(13)26-18/h1-9H,21-22H2. The van der Waals surface area contributed by atoms with E-state index in [4.69, 9.17) is 11.6 Å². The van der Waals surface area contributed by atoms with Crippen molar-refractivity contribution in [3.8, 4) is 27.8 Å². The lowest BCUT2D eigenvalue weighted by atomic mass is 9.96. The number of para-hydroxylation sites is 1. The van der Waals surface area contributed by atoms with E-state index in [0.717, 1.165) is 14.9 Å². The van der Waals surface area contributed by atoms with Crippen LogP contribution in [-0.4, -0.2) is 9.66 Å². The number of rotatable bonds is 2. The van der Waals surface area contributed by atoms with Crippen LogP contribution >= 0.6 is 11.3 Å². The van der Waals surface area contributed by atoms with Gasteiger partial charge in [-0.15, -0.1) is 11.3 Å². The Bertz CT molecular complexity index is 1200. The molecule has 0 aliphatic carbocycles. The Balaban J connectivity index is 2.16. The number of nitrogen functional groups attached to an aromatic ring is 2. The van der Waals surface area contributed by atoms with E-state index in [0.29, 0.717) is 21.7 Å². The molecule has 0 saturated carbocycles. The SMILES string of the molecule is N#Cc1c(-c2ccccc2)c(-c2nc3ccccc3s2)c(N)n(N)c1=O. The zero-order valence-corrected chi connectivity index (χ0v) is 14.3. The number of fused-ring (bicyclic) bond motifs is 1. The molecule has 0 aliphatic rings. The zero-order valence-electron chi connectivity index (χ0n) is 13.5. The summed E-state index contributed by atoms with van der Waals surface area (Å²) < 4.78 is 1.79. The molecule has 4 N–H and O–H groups in total. The van der Waals surface area contributed by atoms with E-state index in [-0.39, 0.29) is 11.4 Å². The van der Waals surface area contributed by atoms with Crippen LogP contribution < -0.4 is 17.1 Å². The Hall–Kier alpha value is -3.63. The molecule has 0 amide bonds. The molecule has 0 saturated heterocycles. The highest BCUT2D eigenvalue weighted by Crippen LogP contribution is 2.40. The molecule has 126 valence electrons. The van der Waals surface area contributed by atoms with E-state index in [1.54, 1.807) is 0 Å². The third-order valence-electron chi connectivity index (χ3n) is 4.13. The van der Waals surface area contributed by atoms with Crippen LogP contribution in [0.4, 0.5) is 5.82 Å². The number of pyridine rings is 1. The topological polar surface area (TPSA) is 111 Å². The Morgan fingerprint density at radius 3 is 2.42 bits per heavy atom. The molecule has 7 heteroatoms. The molecular weight excluding hydrogens is 346 g/mol. The van der Waals surface area contributed by atoms with Crippen molar-refractivity contribution in [1.29, 1.82) is 5.26 Å². The van der Waals surface area contributed by atoms with Crippen molar-refractivity contribution in [3.63, 3.8) is 0 Å². The second-order valence-corrected chi connectivity index (χ2v) is 6.68. The van der Waals surface area contributed by atoms with Crippen LogP contribution in [0.5, 0.6) is 0 Å². The molecule has 0 fully saturated rings. The first-order chi connectivity index (χ1) is 12.6. The highest BCUT2D eigenvalue weighted by atomic mass is 32.1. The maximum atomic E-state index is 12.5. The summed E-state index contributed by atoms with van der Waals surface area (Å²) >= 11 is 1.44. The molecule has 2 aromatic heterocycles. The van der Waals surface area contributed by atoms with Crippen LogP contribution in [0.15, 0.2) is 59.4 Å². The smallest absolute Gasteiger partial charge is 0.289 e. The molecule has 4 rings (SSSR count). The number of hydrogen-bond acceptors (Lipinski definition) is 6. The first-order valence-electron chi connectivity index (χ1n) is 7.77. The molecule has 2 aromatic carbocycles. The van der Waals surface area contributed by atoms with Crippen LogP contribution in [-0.2, 0) is 0 Å². The number of nitrogens with two attached hydrogens (primary N) is 2. The van der Waals surface area contributed by atoms with E-state index in [1.807, 2.05) is 60.7 Å². The van der Waals surface area contributed by atoms with Gasteiger partial charge in [-0.3, -0.25) is 4.79 Å². The lowest BCUT2D eigenvalue weighted by Gasteiger charge is -2.15. The molecule has 0 spiro atoms. The maximum Gasteiger partial charge on any atom is 0.289 e. The second kappa shape index (κ2) is 6.02. The van der Waals surface area contributed by atoms with Crippen molar-refractivity contribution in [1.82, 2.24) is 9.66 Å². The molecule has 0 bridgehead atoms. The number of benzene rings is 2. The molecule has 4 aromatic rings. The van der Waals surface area contributed by atoms with Gasteiger partial charge in [-0.05, 0) is 17.7 Å². The first-order valence-corrected chi connectivity index (χ1v) is 8.58. The van der Waals surface area contributed by atoms with Gasteiger partial charge in [0.05, 0.1) is 15.8 Å². The molecule has 0 unspecified atom stereocenters. The van der Waals surface area contributed by atoms with Gasteiger partial charge in [0.15, 0.2) is 0 Å². The number of aromatic nitrogens is 2. The van der Waals surface area contributed by atoms with Gasteiger partial charge < -0.3 is 11.6 Å². The summed E-state index contributed by atoms with van der Waals surface area (Å²) in [5.41, 5.74) is 7.99. The van der Waals surface area contributed by atoms with Crippen molar-refractivity contribution >= 4 is 27.4 Å². The van der Waals surface area contributed by atoms with Gasteiger partial charge in [0, 0.05) is 5.56 Å². The van der Waals surface area contributed by atoms with Gasteiger partial charge in [-0.25, -0.2) is 9.66 Å². The fourth-order valence-electron chi connectivity index (χ4n) is 2.90. The Labute approximate surface area is 152 Å². The van der Waals surface area contributed by atoms with E-state index in [2.05, 4.69) is 4.98 Å². The zero-order chi connectivity index (χ0) is 18.3. The lowest BCUT2D eigenvalue weighted by Crippen LogP contribution is -2.32. The van der Waals surface area contributed by atoms with Gasteiger partial charge in [-0.1, -0.05) is 42.5 Å². The highest BCUT2D eigenvalue weighted by molar-refractivity contribution is 7.21. The molecule has 6 nitrogen and oxygen atoms in total. The summed E-state index contributed by atoms with van der Waals surface area (Å²) in [5, 5.41) is 10.2. The van der Waals surface area contributed by atoms with Crippen LogP contribution in [0.2, 0.25) is 0 Å². The Morgan fingerprint density at radius 1 is 1.04 bits per heavy atom. The van der Waals surface area contributed by atoms with Crippen LogP contribution in [0, 0.1) is 11.3 Å². The van der Waals surface area contributed by atoms with Gasteiger partial charge >= 0.3 is 0 Å². The van der Waals surface area contributed by atoms with E-state index >= 15 is 0 Å². The average molecular weight is 359 g/mol. The van der Waals surface area contributed by atoms with Crippen molar-refractivity contribution in [2.45, 2.75) is 0 Å². The first kappa shape index (κ1) is 15.9. The summed E-state index contributed by atoms with van der Waals surface area (Å²) in [5.74, 6) is 5.92. The van der Waals surface area contributed by atoms with Crippen molar-refractivity contribution in [3.05, 3.63) is 70.5 Å². The molecule has 0 atom stereocenters. The number of nitriles is 1. The molecule has 0 aliphatic heterocycles. The minimum absolute atomic E-state index is 0.0536. The summed E-state index contributed by atoms with van der Waals surface area (Å²) in [6, 6.07) is 18.9. The van der Waals surface area contributed by atoms with E-state index in [9.17, 15) is 10.1 Å². The summed E-state index contributed by atoms with van der Waals surface area (Å²) in [6.45, 7) is 0. The van der Waals surface area contributed by atoms with Crippen LogP contribution in [0.3, 0.4) is 0 Å². The van der Waals surface area contributed by atoms with E-state index < -0.39 is 5.56 Å². The third-order valence-corrected chi connectivity index (χ3v) is 5.18. The second-order valence-electron chi connectivity index (χ2n) is 5.65. The van der Waals surface area contributed by atoms with Gasteiger partial charge in [0.25, 0.3) is 5.56 Å². The fraction of sp³-hybridized carbons (Fsp3) is 0. The average Bonchev–Trinajstić information content (AvgIpc) is 3.10. The quantitative estimate of drug-likeness (QED) is 0.535. The van der Waals surface area contributed by atoms with Crippen molar-refractivity contribution in [2.24, 2.45) is 0 Å². The normalized spacial score (nSPS) is 10.7. The van der Waals surface area contributed by atoms with E-state index in [1.165, 1.54) is 11.3 Å². The number of nitrogens with zero attached hydrogens (tertiary/aromatic N) is 3. The third kappa shape index (κ3) is 2.32.